The van der Waals surface area contributed by atoms with Crippen molar-refractivity contribution in [1.82, 2.24) is 14.9 Å². The van der Waals surface area contributed by atoms with Gasteiger partial charge >= 0.3 is 0 Å². The van der Waals surface area contributed by atoms with E-state index >= 15 is 0 Å². The maximum Gasteiger partial charge on any atom is 0.261 e. The Balaban J connectivity index is 1.66. The topological polar surface area (TPSA) is 78.1 Å². The van der Waals surface area contributed by atoms with Crippen LogP contribution in [-0.4, -0.2) is 34.4 Å². The van der Waals surface area contributed by atoms with Gasteiger partial charge in [-0.1, -0.05) is 0 Å². The number of fused-ring (bicyclic) bond motifs is 1. The van der Waals surface area contributed by atoms with E-state index in [0.717, 1.165) is 54.7 Å². The molecule has 2 aromatic heterocycles. The molecule has 130 valence electrons. The number of hydrogen-bond acceptors (Lipinski definition) is 4. The van der Waals surface area contributed by atoms with Crippen LogP contribution in [0.2, 0.25) is 0 Å². The maximum atomic E-state index is 13.1. The van der Waals surface area contributed by atoms with Crippen LogP contribution in [0.15, 0.2) is 29.2 Å². The zero-order chi connectivity index (χ0) is 17.4. The normalized spacial score (nSPS) is 19.1. The number of nitrogens with one attached hydrogen (secondary N) is 2. The molecule has 2 aromatic rings. The third kappa shape index (κ3) is 2.81. The minimum absolute atomic E-state index is 0.00439. The van der Waals surface area contributed by atoms with Crippen LogP contribution in [0.5, 0.6) is 0 Å². The lowest BCUT2D eigenvalue weighted by Crippen LogP contribution is -2.34. The van der Waals surface area contributed by atoms with Gasteiger partial charge < -0.3 is 15.2 Å². The maximum absolute atomic E-state index is 13.1. The summed E-state index contributed by atoms with van der Waals surface area (Å²) in [4.78, 5) is 34.5. The summed E-state index contributed by atoms with van der Waals surface area (Å²) in [7, 11) is 1.83. The molecular formula is C19H22N4O2. The number of anilines is 1. The Morgan fingerprint density at radius 2 is 2.20 bits per heavy atom. The van der Waals surface area contributed by atoms with E-state index in [2.05, 4.69) is 15.3 Å². The van der Waals surface area contributed by atoms with Gasteiger partial charge in [0.25, 0.3) is 11.5 Å². The van der Waals surface area contributed by atoms with E-state index < -0.39 is 0 Å². The molecule has 1 aliphatic carbocycles. The van der Waals surface area contributed by atoms with Crippen LogP contribution < -0.4 is 10.9 Å². The predicted molar refractivity (Wildman–Crippen MR) is 95.9 cm³/mol. The quantitative estimate of drug-likeness (QED) is 0.900. The highest BCUT2D eigenvalue weighted by Gasteiger charge is 2.32. The highest BCUT2D eigenvalue weighted by Crippen LogP contribution is 2.33. The average Bonchev–Trinajstić information content (AvgIpc) is 3.29. The van der Waals surface area contributed by atoms with Crippen molar-refractivity contribution in [3.05, 3.63) is 57.1 Å². The molecule has 6 nitrogen and oxygen atoms in total. The van der Waals surface area contributed by atoms with Crippen molar-refractivity contribution in [3.63, 3.8) is 0 Å². The Morgan fingerprint density at radius 1 is 1.32 bits per heavy atom. The zero-order valence-corrected chi connectivity index (χ0v) is 14.3. The van der Waals surface area contributed by atoms with Crippen LogP contribution >= 0.6 is 0 Å². The summed E-state index contributed by atoms with van der Waals surface area (Å²) in [5.74, 6) is 0.619. The molecule has 0 saturated carbocycles. The van der Waals surface area contributed by atoms with Crippen LogP contribution in [0.1, 0.15) is 52.5 Å². The Morgan fingerprint density at radius 3 is 3.04 bits per heavy atom. The van der Waals surface area contributed by atoms with E-state index in [1.165, 1.54) is 0 Å². The minimum Gasteiger partial charge on any atom is -0.373 e. The number of carbonyl (C=O) groups excluding carboxylic acids is 1. The summed E-state index contributed by atoms with van der Waals surface area (Å²) in [6, 6.07) is 5.73. The number of hydrogen-bond donors (Lipinski definition) is 2. The van der Waals surface area contributed by atoms with Crippen molar-refractivity contribution in [2.75, 3.05) is 18.9 Å². The molecule has 1 saturated heterocycles. The first kappa shape index (κ1) is 15.9. The van der Waals surface area contributed by atoms with E-state index in [1.807, 2.05) is 30.1 Å². The monoisotopic (exact) mass is 338 g/mol. The molecule has 1 fully saturated rings. The van der Waals surface area contributed by atoms with Crippen LogP contribution in [0.4, 0.5) is 5.82 Å². The fourth-order valence-corrected chi connectivity index (χ4v) is 3.97. The molecule has 1 atom stereocenters. The number of rotatable bonds is 3. The highest BCUT2D eigenvalue weighted by atomic mass is 16.2. The van der Waals surface area contributed by atoms with Crippen LogP contribution in [0, 0.1) is 0 Å². The molecule has 25 heavy (non-hydrogen) atoms. The van der Waals surface area contributed by atoms with Crippen LogP contribution in [0.25, 0.3) is 0 Å². The van der Waals surface area contributed by atoms with Gasteiger partial charge in [0.15, 0.2) is 0 Å². The SMILES string of the molecule is CNc1cc([C@H]2CCCN2C(=O)c2cc3c([nH]c2=O)CCC3)ccn1. The number of likely N-dealkylation sites (tertiary alicyclic amines) is 1. The van der Waals surface area contributed by atoms with Gasteiger partial charge in [0.05, 0.1) is 6.04 Å². The van der Waals surface area contributed by atoms with Crippen LogP contribution in [-0.2, 0) is 12.8 Å². The fraction of sp³-hybridized carbons (Fsp3) is 0.421. The third-order valence-electron chi connectivity index (χ3n) is 5.26. The lowest BCUT2D eigenvalue weighted by Gasteiger charge is -2.25. The van der Waals surface area contributed by atoms with Gasteiger partial charge in [-0.3, -0.25) is 9.59 Å². The van der Waals surface area contributed by atoms with Gasteiger partial charge in [-0.2, -0.15) is 0 Å². The number of aryl methyl sites for hydroxylation is 2. The number of aromatic amines is 1. The van der Waals surface area contributed by atoms with Crippen LogP contribution in [0.3, 0.4) is 0 Å². The number of pyridine rings is 2. The largest absolute Gasteiger partial charge is 0.373 e. The predicted octanol–water partition coefficient (Wildman–Crippen LogP) is 2.28. The van der Waals surface area contributed by atoms with E-state index in [-0.39, 0.29) is 23.1 Å². The Kier molecular flexibility index (Phi) is 4.03. The summed E-state index contributed by atoms with van der Waals surface area (Å²) in [5.41, 5.74) is 3.17. The second-order valence-corrected chi connectivity index (χ2v) is 6.75. The first-order valence-corrected chi connectivity index (χ1v) is 8.87. The Hall–Kier alpha value is -2.63. The van der Waals surface area contributed by atoms with E-state index in [0.29, 0.717) is 6.54 Å². The molecule has 1 aliphatic heterocycles. The molecule has 0 aromatic carbocycles. The van der Waals surface area contributed by atoms with E-state index in [1.54, 1.807) is 6.20 Å². The number of aromatic nitrogens is 2. The first-order valence-electron chi connectivity index (χ1n) is 8.87. The molecule has 0 bridgehead atoms. The molecule has 0 unspecified atom stereocenters. The van der Waals surface area contributed by atoms with E-state index in [9.17, 15) is 9.59 Å². The average molecular weight is 338 g/mol. The summed E-state index contributed by atoms with van der Waals surface area (Å²) in [6.45, 7) is 0.678. The van der Waals surface area contributed by atoms with Crippen molar-refractivity contribution < 1.29 is 4.79 Å². The molecule has 3 heterocycles. The highest BCUT2D eigenvalue weighted by molar-refractivity contribution is 5.94. The standard InChI is InChI=1S/C19H22N4O2/c1-20-17-11-13(7-8-21-17)16-6-3-9-23(16)19(25)14-10-12-4-2-5-15(12)22-18(14)24/h7-8,10-11,16H,2-6,9H2,1H3,(H,20,21)(H,22,24)/t16-/m1/s1. The second-order valence-electron chi connectivity index (χ2n) is 6.75. The number of H-pyrrole nitrogens is 1. The zero-order valence-electron chi connectivity index (χ0n) is 14.3. The van der Waals surface area contributed by atoms with Gasteiger partial charge in [0.2, 0.25) is 0 Å². The van der Waals surface area contributed by atoms with Gasteiger partial charge in [-0.05, 0) is 61.4 Å². The molecule has 1 amide bonds. The Bertz CT molecular complexity index is 874. The summed E-state index contributed by atoms with van der Waals surface area (Å²) in [6.07, 6.45) is 6.47. The minimum atomic E-state index is -0.262. The Labute approximate surface area is 146 Å². The van der Waals surface area contributed by atoms with Crippen molar-refractivity contribution in [2.24, 2.45) is 0 Å². The third-order valence-corrected chi connectivity index (χ3v) is 5.26. The molecule has 2 aliphatic rings. The summed E-state index contributed by atoms with van der Waals surface area (Å²) >= 11 is 0. The van der Waals surface area contributed by atoms with Gasteiger partial charge in [-0.15, -0.1) is 0 Å². The van der Waals surface area contributed by atoms with Crippen molar-refractivity contribution in [1.29, 1.82) is 0 Å². The number of amides is 1. The van der Waals surface area contributed by atoms with Crippen molar-refractivity contribution in [2.45, 2.75) is 38.1 Å². The van der Waals surface area contributed by atoms with Crippen molar-refractivity contribution >= 4 is 11.7 Å². The molecule has 6 heteroatoms. The summed E-state index contributed by atoms with van der Waals surface area (Å²) < 4.78 is 0. The molecule has 0 radical (unpaired) electrons. The van der Waals surface area contributed by atoms with Gasteiger partial charge in [0, 0.05) is 25.5 Å². The summed E-state index contributed by atoms with van der Waals surface area (Å²) in [5, 5.41) is 3.03. The lowest BCUT2D eigenvalue weighted by atomic mass is 10.0. The molecule has 4 rings (SSSR count). The molecule has 0 spiro atoms. The van der Waals surface area contributed by atoms with Gasteiger partial charge in [-0.25, -0.2) is 4.98 Å². The molecular weight excluding hydrogens is 316 g/mol. The fourth-order valence-electron chi connectivity index (χ4n) is 3.97. The first-order chi connectivity index (χ1) is 12.2. The van der Waals surface area contributed by atoms with Gasteiger partial charge in [0.1, 0.15) is 11.4 Å². The number of nitrogens with zero attached hydrogens (tertiary/aromatic N) is 2. The van der Waals surface area contributed by atoms with Crippen molar-refractivity contribution in [3.8, 4) is 0 Å². The second kappa shape index (κ2) is 6.35. The molecule has 2 N–H and O–H groups in total. The lowest BCUT2D eigenvalue weighted by molar-refractivity contribution is 0.0733. The van der Waals surface area contributed by atoms with E-state index in [4.69, 9.17) is 0 Å². The number of carbonyl (C=O) groups is 1. The smallest absolute Gasteiger partial charge is 0.261 e.